The van der Waals surface area contributed by atoms with E-state index in [0.717, 1.165) is 5.56 Å². The van der Waals surface area contributed by atoms with Gasteiger partial charge < -0.3 is 4.74 Å². The van der Waals surface area contributed by atoms with Gasteiger partial charge in [0.1, 0.15) is 5.75 Å². The van der Waals surface area contributed by atoms with E-state index in [0.29, 0.717) is 11.1 Å². The van der Waals surface area contributed by atoms with Crippen LogP contribution in [0.15, 0.2) is 54.6 Å². The van der Waals surface area contributed by atoms with Crippen LogP contribution in [-0.2, 0) is 5.41 Å². The number of halogens is 3. The zero-order valence-electron chi connectivity index (χ0n) is 14.2. The van der Waals surface area contributed by atoms with Gasteiger partial charge in [0.2, 0.25) is 0 Å². The quantitative estimate of drug-likeness (QED) is 0.517. The summed E-state index contributed by atoms with van der Waals surface area (Å²) in [4.78, 5) is 12.2. The van der Waals surface area contributed by atoms with Crippen molar-refractivity contribution in [3.05, 3.63) is 71.3 Å². The zero-order valence-corrected chi connectivity index (χ0v) is 14.2. The Bertz CT molecular complexity index is 750. The molecule has 0 unspecified atom stereocenters. The van der Waals surface area contributed by atoms with Crippen LogP contribution in [-0.4, -0.2) is 12.1 Å². The van der Waals surface area contributed by atoms with E-state index in [2.05, 4.69) is 25.5 Å². The van der Waals surface area contributed by atoms with Gasteiger partial charge in [-0.1, -0.05) is 63.2 Å². The minimum atomic E-state index is -4.72. The van der Waals surface area contributed by atoms with Crippen molar-refractivity contribution in [3.8, 4) is 5.75 Å². The lowest BCUT2D eigenvalue weighted by Gasteiger charge is -2.18. The molecule has 0 fully saturated rings. The number of carbonyl (C=O) groups excluding carboxylic acids is 1. The lowest BCUT2D eigenvalue weighted by molar-refractivity contribution is -0.274. The van der Waals surface area contributed by atoms with Crippen molar-refractivity contribution >= 4 is 11.9 Å². The molecule has 132 valence electrons. The number of benzene rings is 2. The van der Waals surface area contributed by atoms with Crippen LogP contribution in [0.3, 0.4) is 0 Å². The van der Waals surface area contributed by atoms with E-state index in [1.807, 2.05) is 12.1 Å². The van der Waals surface area contributed by atoms with Gasteiger partial charge in [0, 0.05) is 5.56 Å². The van der Waals surface area contributed by atoms with Gasteiger partial charge in [0.25, 0.3) is 0 Å². The van der Waals surface area contributed by atoms with E-state index in [4.69, 9.17) is 0 Å². The number of hydrogen-bond acceptors (Lipinski definition) is 2. The summed E-state index contributed by atoms with van der Waals surface area (Å²) in [6, 6.07) is 12.7. The summed E-state index contributed by atoms with van der Waals surface area (Å²) >= 11 is 0. The molecule has 0 saturated carbocycles. The third-order valence-corrected chi connectivity index (χ3v) is 3.58. The Morgan fingerprint density at radius 1 is 0.920 bits per heavy atom. The topological polar surface area (TPSA) is 26.3 Å². The van der Waals surface area contributed by atoms with E-state index >= 15 is 0 Å². The van der Waals surface area contributed by atoms with Gasteiger partial charge in [-0.3, -0.25) is 4.79 Å². The Balaban J connectivity index is 2.05. The Labute approximate surface area is 144 Å². The molecule has 0 heterocycles. The highest BCUT2D eigenvalue weighted by Gasteiger charge is 2.30. The maximum Gasteiger partial charge on any atom is 0.573 e. The zero-order chi connectivity index (χ0) is 18.7. The molecule has 2 aromatic carbocycles. The van der Waals surface area contributed by atoms with Crippen LogP contribution in [0.5, 0.6) is 5.75 Å². The van der Waals surface area contributed by atoms with Gasteiger partial charge in [-0.25, -0.2) is 0 Å². The number of rotatable bonds is 4. The van der Waals surface area contributed by atoms with E-state index in [-0.39, 0.29) is 16.9 Å². The standard InChI is InChI=1S/C20H19F3O2/c1-19(2,3)16-9-7-15(8-10-16)18(24)13-6-14-4-11-17(12-5-14)25-20(21,22)23/h4-13H,1-3H3/b13-6+. The molecule has 0 aromatic heterocycles. The van der Waals surface area contributed by atoms with Crippen molar-refractivity contribution < 1.29 is 22.7 Å². The van der Waals surface area contributed by atoms with Crippen molar-refractivity contribution in [2.24, 2.45) is 0 Å². The molecule has 0 amide bonds. The first-order chi connectivity index (χ1) is 11.5. The Morgan fingerprint density at radius 3 is 1.96 bits per heavy atom. The molecule has 25 heavy (non-hydrogen) atoms. The summed E-state index contributed by atoms with van der Waals surface area (Å²) in [6.07, 6.45) is -1.77. The van der Waals surface area contributed by atoms with Gasteiger partial charge in [-0.15, -0.1) is 13.2 Å². The maximum absolute atomic E-state index is 12.2. The second-order valence-electron chi connectivity index (χ2n) is 6.64. The van der Waals surface area contributed by atoms with Crippen molar-refractivity contribution in [1.82, 2.24) is 0 Å². The van der Waals surface area contributed by atoms with Crippen LogP contribution in [0.2, 0.25) is 0 Å². The number of ether oxygens (including phenoxy) is 1. The van der Waals surface area contributed by atoms with E-state index < -0.39 is 6.36 Å². The molecule has 0 bridgehead atoms. The van der Waals surface area contributed by atoms with Crippen LogP contribution in [0.1, 0.15) is 42.3 Å². The third-order valence-electron chi connectivity index (χ3n) is 3.58. The molecule has 0 radical (unpaired) electrons. The first-order valence-corrected chi connectivity index (χ1v) is 7.73. The van der Waals surface area contributed by atoms with Crippen LogP contribution < -0.4 is 4.74 Å². The molecule has 0 aliphatic carbocycles. The smallest absolute Gasteiger partial charge is 0.406 e. The van der Waals surface area contributed by atoms with Crippen molar-refractivity contribution in [1.29, 1.82) is 0 Å². The highest BCUT2D eigenvalue weighted by atomic mass is 19.4. The summed E-state index contributed by atoms with van der Waals surface area (Å²) in [5.74, 6) is -0.468. The maximum atomic E-state index is 12.2. The molecular weight excluding hydrogens is 329 g/mol. The molecule has 0 aliphatic rings. The van der Waals surface area contributed by atoms with E-state index in [1.165, 1.54) is 30.3 Å². The molecule has 2 rings (SSSR count). The fourth-order valence-electron chi connectivity index (χ4n) is 2.18. The van der Waals surface area contributed by atoms with Crippen molar-refractivity contribution in [2.45, 2.75) is 32.5 Å². The molecule has 2 nitrogen and oxygen atoms in total. The SMILES string of the molecule is CC(C)(C)c1ccc(C(=O)/C=C/c2ccc(OC(F)(F)F)cc2)cc1. The number of allylic oxidation sites excluding steroid dienone is 1. The van der Waals surface area contributed by atoms with Crippen LogP contribution in [0, 0.1) is 0 Å². The monoisotopic (exact) mass is 348 g/mol. The van der Waals surface area contributed by atoms with Gasteiger partial charge >= 0.3 is 6.36 Å². The molecule has 0 aliphatic heterocycles. The normalized spacial score (nSPS) is 12.4. The number of alkyl halides is 3. The highest BCUT2D eigenvalue weighted by Crippen LogP contribution is 2.24. The van der Waals surface area contributed by atoms with Crippen LogP contribution in [0.4, 0.5) is 13.2 Å². The summed E-state index contributed by atoms with van der Waals surface area (Å²) < 4.78 is 40.1. The minimum absolute atomic E-state index is 0.0116. The van der Waals surface area contributed by atoms with Crippen molar-refractivity contribution in [3.63, 3.8) is 0 Å². The lowest BCUT2D eigenvalue weighted by atomic mass is 9.86. The largest absolute Gasteiger partial charge is 0.573 e. The number of ketones is 1. The molecule has 0 spiro atoms. The second kappa shape index (κ2) is 7.13. The van der Waals surface area contributed by atoms with E-state index in [9.17, 15) is 18.0 Å². The Kier molecular flexibility index (Phi) is 5.36. The average molecular weight is 348 g/mol. The summed E-state index contributed by atoms with van der Waals surface area (Å²) in [5, 5.41) is 0. The number of carbonyl (C=O) groups is 1. The fraction of sp³-hybridized carbons (Fsp3) is 0.250. The van der Waals surface area contributed by atoms with Gasteiger partial charge in [-0.05, 0) is 34.8 Å². The van der Waals surface area contributed by atoms with Gasteiger partial charge in [-0.2, -0.15) is 0 Å². The predicted molar refractivity (Wildman–Crippen MR) is 91.6 cm³/mol. The molecule has 0 saturated heterocycles. The van der Waals surface area contributed by atoms with Gasteiger partial charge in [0.15, 0.2) is 5.78 Å². The molecule has 2 aromatic rings. The summed E-state index contributed by atoms with van der Waals surface area (Å²) in [7, 11) is 0. The first-order valence-electron chi connectivity index (χ1n) is 7.73. The predicted octanol–water partition coefficient (Wildman–Crippen LogP) is 5.78. The molecule has 0 N–H and O–H groups in total. The molecule has 5 heteroatoms. The fourth-order valence-corrected chi connectivity index (χ4v) is 2.18. The van der Waals surface area contributed by atoms with Crippen LogP contribution >= 0.6 is 0 Å². The summed E-state index contributed by atoms with van der Waals surface area (Å²) in [6.45, 7) is 6.28. The van der Waals surface area contributed by atoms with Crippen molar-refractivity contribution in [2.75, 3.05) is 0 Å². The minimum Gasteiger partial charge on any atom is -0.406 e. The highest BCUT2D eigenvalue weighted by molar-refractivity contribution is 6.06. The molecular formula is C20H19F3O2. The van der Waals surface area contributed by atoms with Gasteiger partial charge in [0.05, 0.1) is 0 Å². The van der Waals surface area contributed by atoms with Crippen LogP contribution in [0.25, 0.3) is 6.08 Å². The second-order valence-corrected chi connectivity index (χ2v) is 6.64. The summed E-state index contributed by atoms with van der Waals surface area (Å²) in [5.41, 5.74) is 2.31. The van der Waals surface area contributed by atoms with E-state index in [1.54, 1.807) is 18.2 Å². The first kappa shape index (κ1) is 18.8. The average Bonchev–Trinajstić information content (AvgIpc) is 2.52. The third kappa shape index (κ3) is 5.78. The Morgan fingerprint density at radius 2 is 1.48 bits per heavy atom. The molecule has 0 atom stereocenters. The lowest BCUT2D eigenvalue weighted by Crippen LogP contribution is -2.16. The number of hydrogen-bond donors (Lipinski definition) is 0. The Hall–Kier alpha value is -2.56.